The smallest absolute Gasteiger partial charge is 0.225 e. The summed E-state index contributed by atoms with van der Waals surface area (Å²) in [6.45, 7) is 10.4. The molecule has 0 atom stereocenters. The summed E-state index contributed by atoms with van der Waals surface area (Å²) in [4.78, 5) is 27.9. The number of hydrogen-bond acceptors (Lipinski definition) is 5. The van der Waals surface area contributed by atoms with Crippen LogP contribution in [-0.2, 0) is 17.9 Å². The van der Waals surface area contributed by atoms with Crippen LogP contribution in [0.3, 0.4) is 0 Å². The minimum absolute atomic E-state index is 0.0458. The standard InChI is InChI=1S/C27H30ClN5O2/c1-17(2)27(34)33(18(3)4)14-20-12-30-13-23(28)22(20)15-35-25-8-6-7-21-24(32-10-9-29-16-32)11-19(5)31-26(21)25/h6-13,16-18H,14-15H2,1-5H3. The first-order valence-corrected chi connectivity index (χ1v) is 12.1. The average Bonchev–Trinajstić information content (AvgIpc) is 3.35. The first kappa shape index (κ1) is 24.7. The molecule has 0 saturated heterocycles. The Bertz CT molecular complexity index is 1340. The Morgan fingerprint density at radius 3 is 2.66 bits per heavy atom. The van der Waals surface area contributed by atoms with Crippen molar-refractivity contribution in [2.75, 3.05) is 0 Å². The number of amides is 1. The summed E-state index contributed by atoms with van der Waals surface area (Å²) < 4.78 is 8.26. The van der Waals surface area contributed by atoms with Crippen LogP contribution in [-0.4, -0.2) is 36.4 Å². The van der Waals surface area contributed by atoms with Gasteiger partial charge in [0.2, 0.25) is 5.91 Å². The van der Waals surface area contributed by atoms with Crippen LogP contribution in [0, 0.1) is 12.8 Å². The third-order valence-corrected chi connectivity index (χ3v) is 6.22. The fourth-order valence-corrected chi connectivity index (χ4v) is 4.27. The summed E-state index contributed by atoms with van der Waals surface area (Å²) in [5, 5.41) is 1.47. The van der Waals surface area contributed by atoms with Crippen molar-refractivity contribution in [3.63, 3.8) is 0 Å². The van der Waals surface area contributed by atoms with Crippen LogP contribution in [0.25, 0.3) is 16.6 Å². The predicted octanol–water partition coefficient (Wildman–Crippen LogP) is 5.75. The van der Waals surface area contributed by atoms with Gasteiger partial charge in [-0.1, -0.05) is 37.6 Å². The molecule has 1 aromatic carbocycles. The Kier molecular flexibility index (Phi) is 7.36. The van der Waals surface area contributed by atoms with Crippen molar-refractivity contribution in [2.24, 2.45) is 5.92 Å². The topological polar surface area (TPSA) is 73.1 Å². The van der Waals surface area contributed by atoms with Crippen molar-refractivity contribution in [1.29, 1.82) is 0 Å². The summed E-state index contributed by atoms with van der Waals surface area (Å²) in [6.07, 6.45) is 8.79. The highest BCUT2D eigenvalue weighted by molar-refractivity contribution is 6.31. The van der Waals surface area contributed by atoms with Gasteiger partial charge in [0.15, 0.2) is 0 Å². The van der Waals surface area contributed by atoms with Crippen molar-refractivity contribution in [1.82, 2.24) is 24.4 Å². The van der Waals surface area contributed by atoms with Gasteiger partial charge in [-0.15, -0.1) is 0 Å². The van der Waals surface area contributed by atoms with E-state index in [0.29, 0.717) is 17.3 Å². The number of aryl methyl sites for hydroxylation is 1. The Morgan fingerprint density at radius 2 is 1.97 bits per heavy atom. The summed E-state index contributed by atoms with van der Waals surface area (Å²) >= 11 is 6.57. The summed E-state index contributed by atoms with van der Waals surface area (Å²) in [6, 6.07) is 7.95. The van der Waals surface area contributed by atoms with Crippen LogP contribution in [0.4, 0.5) is 0 Å². The molecular formula is C27H30ClN5O2. The lowest BCUT2D eigenvalue weighted by Gasteiger charge is -2.29. The van der Waals surface area contributed by atoms with Gasteiger partial charge in [-0.05, 0) is 38.5 Å². The maximum Gasteiger partial charge on any atom is 0.225 e. The van der Waals surface area contributed by atoms with E-state index in [1.807, 2.05) is 74.5 Å². The number of ether oxygens (including phenoxy) is 1. The molecule has 0 aliphatic rings. The average molecular weight is 492 g/mol. The van der Waals surface area contributed by atoms with Crippen LogP contribution in [0.15, 0.2) is 55.4 Å². The maximum atomic E-state index is 12.8. The third kappa shape index (κ3) is 5.30. The number of imidazole rings is 1. The van der Waals surface area contributed by atoms with Gasteiger partial charge in [-0.2, -0.15) is 0 Å². The molecule has 35 heavy (non-hydrogen) atoms. The third-order valence-electron chi connectivity index (χ3n) is 5.90. The summed E-state index contributed by atoms with van der Waals surface area (Å²) in [5.74, 6) is 0.650. The fraction of sp³-hybridized carbons (Fsp3) is 0.333. The molecule has 7 nitrogen and oxygen atoms in total. The first-order valence-electron chi connectivity index (χ1n) is 11.7. The fourth-order valence-electron chi connectivity index (χ4n) is 4.04. The summed E-state index contributed by atoms with van der Waals surface area (Å²) in [5.41, 5.74) is 4.30. The molecule has 1 amide bonds. The van der Waals surface area contributed by atoms with E-state index in [1.54, 1.807) is 24.9 Å². The highest BCUT2D eigenvalue weighted by Crippen LogP contribution is 2.31. The molecule has 0 radical (unpaired) electrons. The number of nitrogens with zero attached hydrogens (tertiary/aromatic N) is 5. The monoisotopic (exact) mass is 491 g/mol. The van der Waals surface area contributed by atoms with Crippen molar-refractivity contribution in [3.05, 3.63) is 77.2 Å². The number of benzene rings is 1. The molecule has 182 valence electrons. The first-order chi connectivity index (χ1) is 16.8. The number of hydrogen-bond donors (Lipinski definition) is 0. The van der Waals surface area contributed by atoms with Crippen molar-refractivity contribution >= 4 is 28.4 Å². The van der Waals surface area contributed by atoms with Crippen LogP contribution < -0.4 is 4.74 Å². The van der Waals surface area contributed by atoms with Crippen molar-refractivity contribution < 1.29 is 9.53 Å². The van der Waals surface area contributed by atoms with Gasteiger partial charge in [0, 0.05) is 59.9 Å². The Labute approximate surface area is 210 Å². The van der Waals surface area contributed by atoms with E-state index >= 15 is 0 Å². The molecule has 0 unspecified atom stereocenters. The zero-order valence-electron chi connectivity index (χ0n) is 20.7. The maximum absolute atomic E-state index is 12.8. The Morgan fingerprint density at radius 1 is 1.17 bits per heavy atom. The molecule has 4 aromatic rings. The summed E-state index contributed by atoms with van der Waals surface area (Å²) in [7, 11) is 0. The van der Waals surface area contributed by atoms with Crippen LogP contribution in [0.5, 0.6) is 5.75 Å². The second-order valence-electron chi connectivity index (χ2n) is 9.17. The zero-order chi connectivity index (χ0) is 25.1. The molecule has 4 rings (SSSR count). The van der Waals surface area contributed by atoms with E-state index in [4.69, 9.17) is 21.3 Å². The lowest BCUT2D eigenvalue weighted by Crippen LogP contribution is -2.39. The van der Waals surface area contributed by atoms with E-state index in [0.717, 1.165) is 33.4 Å². The second-order valence-corrected chi connectivity index (χ2v) is 9.57. The lowest BCUT2D eigenvalue weighted by atomic mass is 10.1. The number of carbonyl (C=O) groups is 1. The van der Waals surface area contributed by atoms with E-state index in [-0.39, 0.29) is 24.5 Å². The van der Waals surface area contributed by atoms with E-state index in [1.165, 1.54) is 0 Å². The number of aromatic nitrogens is 4. The van der Waals surface area contributed by atoms with Gasteiger partial charge in [-0.3, -0.25) is 9.78 Å². The molecule has 0 fully saturated rings. The SMILES string of the molecule is Cc1cc(-n2ccnc2)c2cccc(OCc3c(Cl)cncc3CN(C(=O)C(C)C)C(C)C)c2n1. The van der Waals surface area contributed by atoms with Gasteiger partial charge < -0.3 is 14.2 Å². The quantitative estimate of drug-likeness (QED) is 0.314. The molecular weight excluding hydrogens is 462 g/mol. The van der Waals surface area contributed by atoms with Crippen molar-refractivity contribution in [3.8, 4) is 11.4 Å². The number of fused-ring (bicyclic) bond motifs is 1. The highest BCUT2D eigenvalue weighted by Gasteiger charge is 2.22. The number of halogens is 1. The Hall–Kier alpha value is -3.45. The zero-order valence-corrected chi connectivity index (χ0v) is 21.5. The molecule has 0 N–H and O–H groups in total. The predicted molar refractivity (Wildman–Crippen MR) is 138 cm³/mol. The molecule has 0 saturated carbocycles. The number of pyridine rings is 2. The number of para-hydroxylation sites is 1. The minimum atomic E-state index is -0.0982. The largest absolute Gasteiger partial charge is 0.487 e. The minimum Gasteiger partial charge on any atom is -0.487 e. The molecule has 8 heteroatoms. The normalized spacial score (nSPS) is 11.4. The van der Waals surface area contributed by atoms with Gasteiger partial charge in [-0.25, -0.2) is 9.97 Å². The molecule has 0 spiro atoms. The van der Waals surface area contributed by atoms with Crippen LogP contribution in [0.1, 0.15) is 44.5 Å². The van der Waals surface area contributed by atoms with E-state index in [2.05, 4.69) is 9.97 Å². The van der Waals surface area contributed by atoms with Crippen LogP contribution in [0.2, 0.25) is 5.02 Å². The van der Waals surface area contributed by atoms with Crippen LogP contribution >= 0.6 is 11.6 Å². The molecule has 0 aliphatic heterocycles. The lowest BCUT2D eigenvalue weighted by molar-refractivity contribution is -0.136. The highest BCUT2D eigenvalue weighted by atomic mass is 35.5. The van der Waals surface area contributed by atoms with Gasteiger partial charge in [0.1, 0.15) is 17.9 Å². The van der Waals surface area contributed by atoms with E-state index < -0.39 is 0 Å². The molecule has 3 aromatic heterocycles. The van der Waals surface area contributed by atoms with Gasteiger partial charge >= 0.3 is 0 Å². The van der Waals surface area contributed by atoms with E-state index in [9.17, 15) is 4.79 Å². The number of carbonyl (C=O) groups excluding carboxylic acids is 1. The van der Waals surface area contributed by atoms with Gasteiger partial charge in [0.05, 0.1) is 17.0 Å². The second kappa shape index (κ2) is 10.4. The Balaban J connectivity index is 1.67. The van der Waals surface area contributed by atoms with Crippen molar-refractivity contribution in [2.45, 2.75) is 53.8 Å². The molecule has 3 heterocycles. The molecule has 0 aliphatic carbocycles. The van der Waals surface area contributed by atoms with Gasteiger partial charge in [0.25, 0.3) is 0 Å². The number of rotatable bonds is 8. The molecule has 0 bridgehead atoms.